The van der Waals surface area contributed by atoms with Gasteiger partial charge in [-0.3, -0.25) is 0 Å². The van der Waals surface area contributed by atoms with Crippen LogP contribution >= 0.6 is 0 Å². The van der Waals surface area contributed by atoms with Crippen molar-refractivity contribution in [2.24, 2.45) is 5.92 Å². The SMILES string of the molecule is COCCNCc1nnc(NC(C)C2CC2)o1. The Labute approximate surface area is 101 Å². The van der Waals surface area contributed by atoms with Crippen LogP contribution in [0.25, 0.3) is 0 Å². The van der Waals surface area contributed by atoms with Crippen molar-refractivity contribution < 1.29 is 9.15 Å². The fourth-order valence-electron chi connectivity index (χ4n) is 1.66. The van der Waals surface area contributed by atoms with E-state index in [1.807, 2.05) is 0 Å². The summed E-state index contributed by atoms with van der Waals surface area (Å²) in [4.78, 5) is 0. The van der Waals surface area contributed by atoms with Gasteiger partial charge >= 0.3 is 6.01 Å². The molecule has 1 aliphatic carbocycles. The molecule has 1 unspecified atom stereocenters. The lowest BCUT2D eigenvalue weighted by Crippen LogP contribution is -2.18. The Morgan fingerprint density at radius 3 is 3.00 bits per heavy atom. The third kappa shape index (κ3) is 3.98. The molecule has 1 aliphatic rings. The molecule has 0 aromatic carbocycles. The van der Waals surface area contributed by atoms with Crippen LogP contribution < -0.4 is 10.6 Å². The molecule has 1 atom stereocenters. The molecule has 0 aliphatic heterocycles. The average molecular weight is 240 g/mol. The number of methoxy groups -OCH3 is 1. The summed E-state index contributed by atoms with van der Waals surface area (Å²) in [7, 11) is 1.68. The first kappa shape index (κ1) is 12.3. The summed E-state index contributed by atoms with van der Waals surface area (Å²) < 4.78 is 10.4. The van der Waals surface area contributed by atoms with Gasteiger partial charge in [-0.2, -0.15) is 0 Å². The number of anilines is 1. The highest BCUT2D eigenvalue weighted by atomic mass is 16.5. The molecule has 0 saturated heterocycles. The first-order chi connectivity index (χ1) is 8.29. The van der Waals surface area contributed by atoms with Crippen molar-refractivity contribution in [1.82, 2.24) is 15.5 Å². The van der Waals surface area contributed by atoms with Gasteiger partial charge in [0.25, 0.3) is 0 Å². The molecule has 2 N–H and O–H groups in total. The number of rotatable bonds is 8. The fraction of sp³-hybridized carbons (Fsp3) is 0.818. The van der Waals surface area contributed by atoms with E-state index in [1.165, 1.54) is 12.8 Å². The van der Waals surface area contributed by atoms with Crippen molar-refractivity contribution >= 4 is 6.01 Å². The second kappa shape index (κ2) is 5.97. The van der Waals surface area contributed by atoms with Crippen molar-refractivity contribution in [3.05, 3.63) is 5.89 Å². The average Bonchev–Trinajstić information content (AvgIpc) is 3.08. The zero-order chi connectivity index (χ0) is 12.1. The largest absolute Gasteiger partial charge is 0.407 e. The minimum Gasteiger partial charge on any atom is -0.407 e. The van der Waals surface area contributed by atoms with Crippen molar-refractivity contribution in [1.29, 1.82) is 0 Å². The summed E-state index contributed by atoms with van der Waals surface area (Å²) in [6.07, 6.45) is 2.60. The quantitative estimate of drug-likeness (QED) is 0.661. The van der Waals surface area contributed by atoms with Crippen molar-refractivity contribution in [2.75, 3.05) is 25.6 Å². The van der Waals surface area contributed by atoms with Gasteiger partial charge in [0.1, 0.15) is 0 Å². The number of aromatic nitrogens is 2. The predicted molar refractivity (Wildman–Crippen MR) is 63.7 cm³/mol. The zero-order valence-corrected chi connectivity index (χ0v) is 10.4. The summed E-state index contributed by atoms with van der Waals surface area (Å²) >= 11 is 0. The molecule has 17 heavy (non-hydrogen) atoms. The lowest BCUT2D eigenvalue weighted by Gasteiger charge is -2.08. The van der Waals surface area contributed by atoms with E-state index >= 15 is 0 Å². The molecule has 96 valence electrons. The zero-order valence-electron chi connectivity index (χ0n) is 10.4. The van der Waals surface area contributed by atoms with Gasteiger partial charge in [0, 0.05) is 19.7 Å². The molecule has 0 amide bonds. The Morgan fingerprint density at radius 2 is 2.29 bits per heavy atom. The highest BCUT2D eigenvalue weighted by Crippen LogP contribution is 2.33. The van der Waals surface area contributed by atoms with E-state index in [0.717, 1.165) is 12.5 Å². The first-order valence-electron chi connectivity index (χ1n) is 6.08. The van der Waals surface area contributed by atoms with E-state index in [9.17, 15) is 0 Å². The number of hydrogen-bond acceptors (Lipinski definition) is 6. The Kier molecular flexibility index (Phi) is 4.33. The van der Waals surface area contributed by atoms with Crippen LogP contribution in [-0.2, 0) is 11.3 Å². The molecule has 1 aromatic rings. The van der Waals surface area contributed by atoms with Crippen molar-refractivity contribution in [2.45, 2.75) is 32.4 Å². The Hall–Kier alpha value is -1.14. The molecule has 1 saturated carbocycles. The van der Waals surface area contributed by atoms with Crippen LogP contribution in [0, 0.1) is 5.92 Å². The molecule has 0 spiro atoms. The Balaban J connectivity index is 1.71. The second-order valence-corrected chi connectivity index (χ2v) is 4.44. The normalized spacial score (nSPS) is 17.1. The summed E-state index contributed by atoms with van der Waals surface area (Å²) in [5.74, 6) is 1.37. The van der Waals surface area contributed by atoms with Crippen LogP contribution in [0.1, 0.15) is 25.7 Å². The molecule has 6 heteroatoms. The summed E-state index contributed by atoms with van der Waals surface area (Å²) in [6, 6.07) is 0.942. The fourth-order valence-corrected chi connectivity index (χ4v) is 1.66. The first-order valence-corrected chi connectivity index (χ1v) is 6.08. The smallest absolute Gasteiger partial charge is 0.315 e. The minimum absolute atomic E-state index is 0.421. The van der Waals surface area contributed by atoms with E-state index in [4.69, 9.17) is 9.15 Å². The van der Waals surface area contributed by atoms with Crippen LogP contribution in [-0.4, -0.2) is 36.5 Å². The van der Waals surface area contributed by atoms with Gasteiger partial charge in [0.15, 0.2) is 0 Å². The molecule has 2 rings (SSSR count). The minimum atomic E-state index is 0.421. The highest BCUT2D eigenvalue weighted by molar-refractivity contribution is 5.20. The van der Waals surface area contributed by atoms with E-state index in [0.29, 0.717) is 31.1 Å². The van der Waals surface area contributed by atoms with Gasteiger partial charge in [-0.05, 0) is 25.7 Å². The van der Waals surface area contributed by atoms with Gasteiger partial charge in [-0.25, -0.2) is 0 Å². The van der Waals surface area contributed by atoms with E-state index < -0.39 is 0 Å². The van der Waals surface area contributed by atoms with Crippen LogP contribution in [0.3, 0.4) is 0 Å². The highest BCUT2D eigenvalue weighted by Gasteiger charge is 2.28. The molecular weight excluding hydrogens is 220 g/mol. The van der Waals surface area contributed by atoms with Crippen molar-refractivity contribution in [3.8, 4) is 0 Å². The lowest BCUT2D eigenvalue weighted by molar-refractivity contribution is 0.198. The summed E-state index contributed by atoms with van der Waals surface area (Å²) in [6.45, 7) is 4.19. The monoisotopic (exact) mass is 240 g/mol. The Bertz CT molecular complexity index is 338. The van der Waals surface area contributed by atoms with Gasteiger partial charge in [0.2, 0.25) is 5.89 Å². The van der Waals surface area contributed by atoms with Gasteiger partial charge in [-0.15, -0.1) is 5.10 Å². The maximum absolute atomic E-state index is 5.48. The molecule has 0 bridgehead atoms. The number of hydrogen-bond donors (Lipinski definition) is 2. The van der Waals surface area contributed by atoms with Crippen LogP contribution in [0.2, 0.25) is 0 Å². The molecule has 1 fully saturated rings. The third-order valence-corrected chi connectivity index (χ3v) is 2.91. The third-order valence-electron chi connectivity index (χ3n) is 2.91. The predicted octanol–water partition coefficient (Wildman–Crippen LogP) is 1.02. The maximum atomic E-state index is 5.48. The molecule has 0 radical (unpaired) electrons. The van der Waals surface area contributed by atoms with Gasteiger partial charge < -0.3 is 19.8 Å². The second-order valence-electron chi connectivity index (χ2n) is 4.44. The molecular formula is C11H20N4O2. The molecule has 6 nitrogen and oxygen atoms in total. The summed E-state index contributed by atoms with van der Waals surface area (Å²) in [5.41, 5.74) is 0. The topological polar surface area (TPSA) is 72.2 Å². The van der Waals surface area contributed by atoms with E-state index in [-0.39, 0.29) is 0 Å². The van der Waals surface area contributed by atoms with Crippen LogP contribution in [0.4, 0.5) is 6.01 Å². The van der Waals surface area contributed by atoms with E-state index in [1.54, 1.807) is 7.11 Å². The van der Waals surface area contributed by atoms with Crippen LogP contribution in [0.5, 0.6) is 0 Å². The maximum Gasteiger partial charge on any atom is 0.315 e. The standard InChI is InChI=1S/C11H20N4O2/c1-8(9-3-4-9)13-11-15-14-10(17-11)7-12-5-6-16-2/h8-9,12H,3-7H2,1-2H3,(H,13,15). The van der Waals surface area contributed by atoms with Crippen molar-refractivity contribution in [3.63, 3.8) is 0 Å². The van der Waals surface area contributed by atoms with Gasteiger partial charge in [0.05, 0.1) is 13.2 Å². The molecule has 1 heterocycles. The number of nitrogens with zero attached hydrogens (tertiary/aromatic N) is 2. The Morgan fingerprint density at radius 1 is 1.47 bits per heavy atom. The van der Waals surface area contributed by atoms with E-state index in [2.05, 4.69) is 27.8 Å². The number of nitrogens with one attached hydrogen (secondary N) is 2. The lowest BCUT2D eigenvalue weighted by atomic mass is 10.2. The summed E-state index contributed by atoms with van der Waals surface area (Å²) in [5, 5.41) is 14.3. The van der Waals surface area contributed by atoms with Crippen LogP contribution in [0.15, 0.2) is 4.42 Å². The molecule has 1 aromatic heterocycles. The van der Waals surface area contributed by atoms with Gasteiger partial charge in [-0.1, -0.05) is 5.10 Å². The number of ether oxygens (including phenoxy) is 1.